The van der Waals surface area contributed by atoms with E-state index in [2.05, 4.69) is 5.32 Å². The average Bonchev–Trinajstić information content (AvgIpc) is 3.53. The van der Waals surface area contributed by atoms with E-state index in [0.29, 0.717) is 11.4 Å². The van der Waals surface area contributed by atoms with Gasteiger partial charge >= 0.3 is 0 Å². The number of nitrogens with one attached hydrogen (secondary N) is 1. The molecule has 1 aliphatic carbocycles. The van der Waals surface area contributed by atoms with Crippen molar-refractivity contribution in [3.8, 4) is 0 Å². The Labute approximate surface area is 199 Å². The van der Waals surface area contributed by atoms with Crippen molar-refractivity contribution >= 4 is 23.2 Å². The maximum absolute atomic E-state index is 13.8. The molecule has 0 aliphatic heterocycles. The van der Waals surface area contributed by atoms with E-state index in [4.69, 9.17) is 4.42 Å². The van der Waals surface area contributed by atoms with Crippen LogP contribution in [0.4, 0.5) is 15.8 Å². The molecular formula is C27H30FN3O3. The second-order valence-corrected chi connectivity index (χ2v) is 8.96. The van der Waals surface area contributed by atoms with E-state index in [1.807, 2.05) is 37.2 Å². The summed E-state index contributed by atoms with van der Waals surface area (Å²) in [5, 5.41) is 3.05. The number of hydrogen-bond acceptors (Lipinski definition) is 4. The van der Waals surface area contributed by atoms with E-state index in [1.54, 1.807) is 29.4 Å². The summed E-state index contributed by atoms with van der Waals surface area (Å²) in [5.41, 5.74) is 2.76. The molecule has 1 fully saturated rings. The third kappa shape index (κ3) is 5.65. The van der Waals surface area contributed by atoms with Crippen LogP contribution in [-0.2, 0) is 17.9 Å². The number of carbonyl (C=O) groups is 2. The summed E-state index contributed by atoms with van der Waals surface area (Å²) in [6, 6.07) is 15.0. The fourth-order valence-electron chi connectivity index (χ4n) is 4.46. The van der Waals surface area contributed by atoms with Crippen LogP contribution in [0.1, 0.15) is 47.4 Å². The van der Waals surface area contributed by atoms with Crippen LogP contribution in [0.25, 0.3) is 0 Å². The minimum atomic E-state index is -0.464. The molecule has 6 nitrogen and oxygen atoms in total. The summed E-state index contributed by atoms with van der Waals surface area (Å²) in [6.07, 6.45) is 5.59. The van der Waals surface area contributed by atoms with Gasteiger partial charge in [-0.15, -0.1) is 0 Å². The number of furan rings is 1. The van der Waals surface area contributed by atoms with Crippen molar-refractivity contribution in [2.75, 3.05) is 24.3 Å². The van der Waals surface area contributed by atoms with Crippen LogP contribution in [0.3, 0.4) is 0 Å². The topological polar surface area (TPSA) is 65.8 Å². The van der Waals surface area contributed by atoms with E-state index >= 15 is 0 Å². The summed E-state index contributed by atoms with van der Waals surface area (Å²) < 4.78 is 19.3. The highest BCUT2D eigenvalue weighted by Crippen LogP contribution is 2.29. The van der Waals surface area contributed by atoms with Gasteiger partial charge in [-0.05, 0) is 66.9 Å². The number of halogens is 1. The van der Waals surface area contributed by atoms with Crippen molar-refractivity contribution < 1.29 is 18.4 Å². The Morgan fingerprint density at radius 1 is 1.03 bits per heavy atom. The van der Waals surface area contributed by atoms with Crippen LogP contribution in [-0.4, -0.2) is 30.8 Å². The maximum atomic E-state index is 13.8. The molecule has 3 aromatic rings. The fourth-order valence-corrected chi connectivity index (χ4v) is 4.46. The molecule has 0 spiro atoms. The molecule has 1 N–H and O–H groups in total. The number of amides is 2. The minimum absolute atomic E-state index is 0.0457. The molecule has 0 unspecified atom stereocenters. The number of anilines is 2. The van der Waals surface area contributed by atoms with Gasteiger partial charge in [0.05, 0.1) is 12.8 Å². The Bertz CT molecular complexity index is 1140. The van der Waals surface area contributed by atoms with E-state index < -0.39 is 5.82 Å². The summed E-state index contributed by atoms with van der Waals surface area (Å²) in [5.74, 6) is -0.0384. The van der Waals surface area contributed by atoms with Gasteiger partial charge in [0.1, 0.15) is 11.6 Å². The van der Waals surface area contributed by atoms with Gasteiger partial charge in [0, 0.05) is 43.5 Å². The molecule has 0 atom stereocenters. The van der Waals surface area contributed by atoms with Gasteiger partial charge in [-0.3, -0.25) is 9.59 Å². The van der Waals surface area contributed by atoms with Crippen molar-refractivity contribution in [2.24, 2.45) is 5.92 Å². The second-order valence-electron chi connectivity index (χ2n) is 8.96. The number of rotatable bonds is 8. The summed E-state index contributed by atoms with van der Waals surface area (Å²) in [6.45, 7) is 0.491. The molecule has 178 valence electrons. The predicted octanol–water partition coefficient (Wildman–Crippen LogP) is 5.46. The number of carbonyl (C=O) groups excluding carboxylic acids is 2. The lowest BCUT2D eigenvalue weighted by molar-refractivity contribution is -0.119. The highest BCUT2D eigenvalue weighted by Gasteiger charge is 2.24. The first kappa shape index (κ1) is 23.5. The van der Waals surface area contributed by atoms with E-state index in [1.165, 1.54) is 18.2 Å². The Hall–Kier alpha value is -3.61. The van der Waals surface area contributed by atoms with Gasteiger partial charge < -0.3 is 19.5 Å². The third-order valence-electron chi connectivity index (χ3n) is 6.20. The summed E-state index contributed by atoms with van der Waals surface area (Å²) in [7, 11) is 3.86. The fraction of sp³-hybridized carbons (Fsp3) is 0.333. The lowest BCUT2D eigenvalue weighted by atomic mass is 10.1. The van der Waals surface area contributed by atoms with Gasteiger partial charge in [-0.2, -0.15) is 0 Å². The van der Waals surface area contributed by atoms with Crippen molar-refractivity contribution in [3.63, 3.8) is 0 Å². The molecule has 1 aromatic heterocycles. The SMILES string of the molecule is CN(C)c1ccc(NC(=O)C2CCCC2)cc1CN(Cc1ccco1)C(=O)c1cccc(F)c1. The minimum Gasteiger partial charge on any atom is -0.467 e. The highest BCUT2D eigenvalue weighted by molar-refractivity contribution is 5.95. The summed E-state index contributed by atoms with van der Waals surface area (Å²) >= 11 is 0. The van der Waals surface area contributed by atoms with Gasteiger partial charge in [-0.25, -0.2) is 4.39 Å². The monoisotopic (exact) mass is 463 g/mol. The predicted molar refractivity (Wildman–Crippen MR) is 130 cm³/mol. The first-order valence-electron chi connectivity index (χ1n) is 11.6. The van der Waals surface area contributed by atoms with Crippen LogP contribution < -0.4 is 10.2 Å². The zero-order chi connectivity index (χ0) is 24.1. The zero-order valence-electron chi connectivity index (χ0n) is 19.6. The zero-order valence-corrected chi connectivity index (χ0v) is 19.6. The van der Waals surface area contributed by atoms with Gasteiger partial charge in [-0.1, -0.05) is 18.9 Å². The van der Waals surface area contributed by atoms with Crippen LogP contribution in [0, 0.1) is 11.7 Å². The lowest BCUT2D eigenvalue weighted by Crippen LogP contribution is -2.31. The van der Waals surface area contributed by atoms with Crippen LogP contribution in [0.15, 0.2) is 65.3 Å². The largest absolute Gasteiger partial charge is 0.467 e. The quantitative estimate of drug-likeness (QED) is 0.482. The molecule has 2 aromatic carbocycles. The van der Waals surface area contributed by atoms with Gasteiger partial charge in [0.15, 0.2) is 0 Å². The number of hydrogen-bond donors (Lipinski definition) is 1. The molecule has 4 rings (SSSR count). The average molecular weight is 464 g/mol. The van der Waals surface area contributed by atoms with Gasteiger partial charge in [0.2, 0.25) is 5.91 Å². The van der Waals surface area contributed by atoms with Crippen molar-refractivity contribution in [1.29, 1.82) is 0 Å². The normalized spacial score (nSPS) is 13.6. The molecule has 1 saturated carbocycles. The van der Waals surface area contributed by atoms with Gasteiger partial charge in [0.25, 0.3) is 5.91 Å². The van der Waals surface area contributed by atoms with Crippen molar-refractivity contribution in [2.45, 2.75) is 38.8 Å². The lowest BCUT2D eigenvalue weighted by Gasteiger charge is -2.26. The van der Waals surface area contributed by atoms with Crippen molar-refractivity contribution in [1.82, 2.24) is 4.90 Å². The highest BCUT2D eigenvalue weighted by atomic mass is 19.1. The standard InChI is InChI=1S/C27H30FN3O3/c1-30(2)25-13-12-23(29-26(32)19-7-3-4-8-19)16-21(25)17-31(18-24-11-6-14-34-24)27(33)20-9-5-10-22(28)15-20/h5-6,9-16,19H,3-4,7-8,17-18H2,1-2H3,(H,29,32). The molecule has 34 heavy (non-hydrogen) atoms. The maximum Gasteiger partial charge on any atom is 0.254 e. The molecular weight excluding hydrogens is 433 g/mol. The van der Waals surface area contributed by atoms with Crippen LogP contribution >= 0.6 is 0 Å². The molecule has 7 heteroatoms. The number of benzene rings is 2. The number of nitrogens with zero attached hydrogens (tertiary/aromatic N) is 2. The van der Waals surface area contributed by atoms with Crippen LogP contribution in [0.2, 0.25) is 0 Å². The first-order valence-corrected chi connectivity index (χ1v) is 11.6. The Kier molecular flexibility index (Phi) is 7.30. The van der Waals surface area contributed by atoms with Crippen molar-refractivity contribution in [3.05, 3.63) is 83.6 Å². The molecule has 0 bridgehead atoms. The summed E-state index contributed by atoms with van der Waals surface area (Å²) in [4.78, 5) is 29.6. The Morgan fingerprint density at radius 3 is 2.50 bits per heavy atom. The van der Waals surface area contributed by atoms with E-state index in [-0.39, 0.29) is 36.4 Å². The first-order chi connectivity index (χ1) is 16.4. The van der Waals surface area contributed by atoms with Crippen LogP contribution in [0.5, 0.6) is 0 Å². The molecule has 0 radical (unpaired) electrons. The smallest absolute Gasteiger partial charge is 0.254 e. The second kappa shape index (κ2) is 10.5. The van der Waals surface area contributed by atoms with E-state index in [0.717, 1.165) is 36.9 Å². The van der Waals surface area contributed by atoms with E-state index in [9.17, 15) is 14.0 Å². The molecule has 1 aliphatic rings. The molecule has 0 saturated heterocycles. The molecule has 1 heterocycles. The third-order valence-corrected chi connectivity index (χ3v) is 6.20. The molecule has 2 amide bonds. The Morgan fingerprint density at radius 2 is 1.82 bits per heavy atom. The Balaban J connectivity index is 1.63.